The Morgan fingerprint density at radius 3 is 2.44 bits per heavy atom. The van der Waals surface area contributed by atoms with Crippen molar-refractivity contribution < 1.29 is 14.3 Å². The fraction of sp³-hybridized carbons (Fsp3) is 0.350. The van der Waals surface area contributed by atoms with E-state index in [1.165, 1.54) is 5.56 Å². The van der Waals surface area contributed by atoms with E-state index in [4.69, 9.17) is 9.47 Å². The van der Waals surface area contributed by atoms with Crippen LogP contribution in [-0.4, -0.2) is 19.1 Å². The third-order valence-electron chi connectivity index (χ3n) is 3.95. The Labute approximate surface area is 157 Å². The van der Waals surface area contributed by atoms with Gasteiger partial charge in [-0.1, -0.05) is 19.9 Å². The second kappa shape index (κ2) is 9.47. The number of hydrogen-bond donors (Lipinski definition) is 1. The van der Waals surface area contributed by atoms with Crippen LogP contribution in [0.1, 0.15) is 38.7 Å². The molecule has 2 aromatic rings. The molecular formula is C20H24BrNO3. The van der Waals surface area contributed by atoms with E-state index in [0.717, 1.165) is 16.6 Å². The first-order valence-corrected chi connectivity index (χ1v) is 9.27. The number of halogens is 1. The molecule has 0 aliphatic carbocycles. The van der Waals surface area contributed by atoms with Crippen molar-refractivity contribution in [2.45, 2.75) is 33.1 Å². The molecular weight excluding hydrogens is 382 g/mol. The molecule has 1 N–H and O–H groups in total. The van der Waals surface area contributed by atoms with Crippen molar-refractivity contribution in [1.29, 1.82) is 0 Å². The lowest BCUT2D eigenvalue weighted by Crippen LogP contribution is -2.20. The van der Waals surface area contributed by atoms with Crippen molar-refractivity contribution in [2.75, 3.05) is 18.5 Å². The lowest BCUT2D eigenvalue weighted by atomic mass is 9.99. The number of carbonyl (C=O) groups is 1. The van der Waals surface area contributed by atoms with E-state index in [1.54, 1.807) is 12.1 Å². The van der Waals surface area contributed by atoms with Crippen molar-refractivity contribution >= 4 is 27.5 Å². The first-order chi connectivity index (χ1) is 12.0. The van der Waals surface area contributed by atoms with Crippen molar-refractivity contribution in [3.8, 4) is 11.5 Å². The maximum absolute atomic E-state index is 12.0. The highest BCUT2D eigenvalue weighted by Crippen LogP contribution is 2.30. The Balaban J connectivity index is 1.89. The van der Waals surface area contributed by atoms with Gasteiger partial charge in [0.25, 0.3) is 5.91 Å². The van der Waals surface area contributed by atoms with Gasteiger partial charge in [-0.15, -0.1) is 0 Å². The standard InChI is InChI=1S/C20H24BrNO3/c1-4-14(3)15-6-11-19(18(21)12-15)25-13-20(23)22-16-7-9-17(10-8-16)24-5-2/h6-12,14H,4-5,13H2,1-3H3,(H,22,23). The molecule has 5 heteroatoms. The number of nitrogens with one attached hydrogen (secondary N) is 1. The summed E-state index contributed by atoms with van der Waals surface area (Å²) in [7, 11) is 0. The molecule has 1 atom stereocenters. The van der Waals surface area contributed by atoms with E-state index in [1.807, 2.05) is 37.3 Å². The Morgan fingerprint density at radius 1 is 1.12 bits per heavy atom. The Morgan fingerprint density at radius 2 is 1.84 bits per heavy atom. The molecule has 0 aromatic heterocycles. The average molecular weight is 406 g/mol. The maximum Gasteiger partial charge on any atom is 0.262 e. The largest absolute Gasteiger partial charge is 0.494 e. The van der Waals surface area contributed by atoms with E-state index in [0.29, 0.717) is 24.0 Å². The Kier molecular flexibility index (Phi) is 7.31. The van der Waals surface area contributed by atoms with Gasteiger partial charge in [0.05, 0.1) is 11.1 Å². The Bertz CT molecular complexity index is 701. The summed E-state index contributed by atoms with van der Waals surface area (Å²) < 4.78 is 11.9. The lowest BCUT2D eigenvalue weighted by Gasteiger charge is -2.13. The van der Waals surface area contributed by atoms with Crippen molar-refractivity contribution in [3.63, 3.8) is 0 Å². The third kappa shape index (κ3) is 5.78. The quantitative estimate of drug-likeness (QED) is 0.641. The van der Waals surface area contributed by atoms with Gasteiger partial charge in [0.15, 0.2) is 6.61 Å². The van der Waals surface area contributed by atoms with Gasteiger partial charge in [-0.25, -0.2) is 0 Å². The van der Waals surface area contributed by atoms with E-state index >= 15 is 0 Å². The zero-order valence-electron chi connectivity index (χ0n) is 14.8. The summed E-state index contributed by atoms with van der Waals surface area (Å²) in [6, 6.07) is 13.2. The van der Waals surface area contributed by atoms with Crippen LogP contribution >= 0.6 is 15.9 Å². The van der Waals surface area contributed by atoms with Crippen LogP contribution in [0.2, 0.25) is 0 Å². The molecule has 1 amide bonds. The minimum atomic E-state index is -0.206. The molecule has 134 valence electrons. The van der Waals surface area contributed by atoms with E-state index in [-0.39, 0.29) is 12.5 Å². The van der Waals surface area contributed by atoms with Crippen LogP contribution in [0.15, 0.2) is 46.9 Å². The molecule has 25 heavy (non-hydrogen) atoms. The number of ether oxygens (including phenoxy) is 2. The topological polar surface area (TPSA) is 47.6 Å². The molecule has 0 spiro atoms. The number of rotatable bonds is 8. The number of anilines is 1. The monoisotopic (exact) mass is 405 g/mol. The summed E-state index contributed by atoms with van der Waals surface area (Å²) in [4.78, 5) is 12.0. The first-order valence-electron chi connectivity index (χ1n) is 8.48. The van der Waals surface area contributed by atoms with Crippen molar-refractivity contribution in [3.05, 3.63) is 52.5 Å². The third-order valence-corrected chi connectivity index (χ3v) is 4.56. The normalized spacial score (nSPS) is 11.7. The predicted octanol–water partition coefficient (Wildman–Crippen LogP) is 5.38. The number of benzene rings is 2. The summed E-state index contributed by atoms with van der Waals surface area (Å²) >= 11 is 3.51. The summed E-state index contributed by atoms with van der Waals surface area (Å²) in [5.74, 6) is 1.73. The summed E-state index contributed by atoms with van der Waals surface area (Å²) in [5, 5.41) is 2.80. The molecule has 2 rings (SSSR count). The summed E-state index contributed by atoms with van der Waals surface area (Å²) in [6.45, 7) is 6.85. The fourth-order valence-corrected chi connectivity index (χ4v) is 2.83. The zero-order chi connectivity index (χ0) is 18.2. The van der Waals surface area contributed by atoms with Crippen LogP contribution < -0.4 is 14.8 Å². The molecule has 1 unspecified atom stereocenters. The van der Waals surface area contributed by atoms with Crippen LogP contribution in [0.4, 0.5) is 5.69 Å². The van der Waals surface area contributed by atoms with Gasteiger partial charge in [-0.05, 0) is 77.2 Å². The van der Waals surface area contributed by atoms with E-state index in [9.17, 15) is 4.79 Å². The zero-order valence-corrected chi connectivity index (χ0v) is 16.4. The van der Waals surface area contributed by atoms with Crippen LogP contribution in [0.25, 0.3) is 0 Å². The smallest absolute Gasteiger partial charge is 0.262 e. The predicted molar refractivity (Wildman–Crippen MR) is 105 cm³/mol. The van der Waals surface area contributed by atoms with Gasteiger partial charge in [-0.3, -0.25) is 4.79 Å². The lowest BCUT2D eigenvalue weighted by molar-refractivity contribution is -0.118. The highest BCUT2D eigenvalue weighted by atomic mass is 79.9. The highest BCUT2D eigenvalue weighted by Gasteiger charge is 2.09. The van der Waals surface area contributed by atoms with Gasteiger partial charge < -0.3 is 14.8 Å². The summed E-state index contributed by atoms with van der Waals surface area (Å²) in [6.07, 6.45) is 1.08. The second-order valence-corrected chi connectivity index (χ2v) is 6.65. The van der Waals surface area contributed by atoms with Gasteiger partial charge >= 0.3 is 0 Å². The minimum Gasteiger partial charge on any atom is -0.494 e. The van der Waals surface area contributed by atoms with Crippen molar-refractivity contribution in [2.24, 2.45) is 0 Å². The average Bonchev–Trinajstić information content (AvgIpc) is 2.62. The molecule has 0 aliphatic rings. The maximum atomic E-state index is 12.0. The molecule has 0 aliphatic heterocycles. The fourth-order valence-electron chi connectivity index (χ4n) is 2.32. The highest BCUT2D eigenvalue weighted by molar-refractivity contribution is 9.10. The minimum absolute atomic E-state index is 0.0471. The second-order valence-electron chi connectivity index (χ2n) is 5.79. The molecule has 0 saturated carbocycles. The van der Waals surface area contributed by atoms with Crippen LogP contribution in [0.3, 0.4) is 0 Å². The molecule has 0 heterocycles. The van der Waals surface area contributed by atoms with Crippen LogP contribution in [0, 0.1) is 0 Å². The molecule has 4 nitrogen and oxygen atoms in total. The summed E-state index contributed by atoms with van der Waals surface area (Å²) in [5.41, 5.74) is 1.96. The van der Waals surface area contributed by atoms with Crippen LogP contribution in [-0.2, 0) is 4.79 Å². The van der Waals surface area contributed by atoms with Crippen molar-refractivity contribution in [1.82, 2.24) is 0 Å². The molecule has 0 fully saturated rings. The van der Waals surface area contributed by atoms with Gasteiger partial charge in [-0.2, -0.15) is 0 Å². The number of amides is 1. The van der Waals surface area contributed by atoms with Gasteiger partial charge in [0, 0.05) is 5.69 Å². The van der Waals surface area contributed by atoms with E-state index in [2.05, 4.69) is 35.1 Å². The Hall–Kier alpha value is -2.01. The SMILES string of the molecule is CCOc1ccc(NC(=O)COc2ccc(C(C)CC)cc2Br)cc1. The van der Waals surface area contributed by atoms with E-state index < -0.39 is 0 Å². The van der Waals surface area contributed by atoms with Gasteiger partial charge in [0.1, 0.15) is 11.5 Å². The molecule has 0 saturated heterocycles. The molecule has 0 bridgehead atoms. The van der Waals surface area contributed by atoms with Crippen LogP contribution in [0.5, 0.6) is 11.5 Å². The molecule has 0 radical (unpaired) electrons. The number of hydrogen-bond acceptors (Lipinski definition) is 3. The van der Waals surface area contributed by atoms with Gasteiger partial charge in [0.2, 0.25) is 0 Å². The number of carbonyl (C=O) groups excluding carboxylic acids is 1. The first kappa shape index (κ1) is 19.3. The molecule has 2 aromatic carbocycles.